The van der Waals surface area contributed by atoms with Crippen molar-refractivity contribution in [2.45, 2.75) is 65.0 Å². The quantitative estimate of drug-likeness (QED) is 0.718. The summed E-state index contributed by atoms with van der Waals surface area (Å²) in [4.78, 5) is 2.69. The molecule has 1 saturated carbocycles. The fourth-order valence-corrected chi connectivity index (χ4v) is 3.57. The molecule has 0 amide bonds. The summed E-state index contributed by atoms with van der Waals surface area (Å²) in [6.07, 6.45) is 6.32. The molecule has 0 aromatic carbocycles. The van der Waals surface area contributed by atoms with E-state index in [-0.39, 0.29) is 0 Å². The standard InChI is InChI=1S/C17H34N2O/c1-13(2)6-8-18-17-10-15(7-9-20)11-19(12-17)14(3)16-4-5-16/h13-18,20H,4-12H2,1-3H3. The van der Waals surface area contributed by atoms with Crippen molar-refractivity contribution < 1.29 is 5.11 Å². The summed E-state index contributed by atoms with van der Waals surface area (Å²) < 4.78 is 0. The Labute approximate surface area is 125 Å². The van der Waals surface area contributed by atoms with Gasteiger partial charge in [-0.25, -0.2) is 0 Å². The number of nitrogens with one attached hydrogen (secondary N) is 1. The summed E-state index contributed by atoms with van der Waals surface area (Å²) in [5.74, 6) is 2.39. The molecule has 0 radical (unpaired) electrons. The molecule has 3 heteroatoms. The van der Waals surface area contributed by atoms with E-state index in [2.05, 4.69) is 31.0 Å². The van der Waals surface area contributed by atoms with Crippen LogP contribution in [0.3, 0.4) is 0 Å². The minimum Gasteiger partial charge on any atom is -0.396 e. The number of aliphatic hydroxyl groups is 1. The second-order valence-corrected chi connectivity index (χ2v) is 7.48. The molecule has 20 heavy (non-hydrogen) atoms. The van der Waals surface area contributed by atoms with Gasteiger partial charge in [0.1, 0.15) is 0 Å². The van der Waals surface area contributed by atoms with Crippen LogP contribution in [0.2, 0.25) is 0 Å². The van der Waals surface area contributed by atoms with Crippen molar-refractivity contribution in [1.82, 2.24) is 10.2 Å². The maximum atomic E-state index is 9.26. The third-order valence-corrected chi connectivity index (χ3v) is 5.14. The third kappa shape index (κ3) is 5.01. The lowest BCUT2D eigenvalue weighted by atomic mass is 9.90. The molecule has 2 N–H and O–H groups in total. The van der Waals surface area contributed by atoms with Crippen LogP contribution < -0.4 is 5.32 Å². The van der Waals surface area contributed by atoms with Crippen molar-refractivity contribution >= 4 is 0 Å². The van der Waals surface area contributed by atoms with Crippen molar-refractivity contribution in [3.05, 3.63) is 0 Å². The number of aliphatic hydroxyl groups excluding tert-OH is 1. The highest BCUT2D eigenvalue weighted by Crippen LogP contribution is 2.36. The Morgan fingerprint density at radius 1 is 1.20 bits per heavy atom. The molecule has 3 nitrogen and oxygen atoms in total. The SMILES string of the molecule is CC(C)CCNC1CC(CCO)CN(C(C)C2CC2)C1. The molecule has 1 aliphatic carbocycles. The largest absolute Gasteiger partial charge is 0.396 e. The Kier molecular flexibility index (Phi) is 6.31. The molecule has 0 spiro atoms. The second kappa shape index (κ2) is 7.77. The number of nitrogens with zero attached hydrogens (tertiary/aromatic N) is 1. The summed E-state index contributed by atoms with van der Waals surface area (Å²) in [5, 5.41) is 13.0. The van der Waals surface area contributed by atoms with Gasteiger partial charge in [0, 0.05) is 31.8 Å². The summed E-state index contributed by atoms with van der Waals surface area (Å²) in [6, 6.07) is 1.37. The molecule has 1 aliphatic heterocycles. The Morgan fingerprint density at radius 2 is 1.95 bits per heavy atom. The first-order chi connectivity index (χ1) is 9.60. The van der Waals surface area contributed by atoms with Gasteiger partial charge in [0.25, 0.3) is 0 Å². The van der Waals surface area contributed by atoms with Crippen molar-refractivity contribution in [3.8, 4) is 0 Å². The van der Waals surface area contributed by atoms with Gasteiger partial charge in [0.2, 0.25) is 0 Å². The van der Waals surface area contributed by atoms with Gasteiger partial charge < -0.3 is 10.4 Å². The van der Waals surface area contributed by atoms with Crippen molar-refractivity contribution in [3.63, 3.8) is 0 Å². The van der Waals surface area contributed by atoms with Crippen LogP contribution in [0, 0.1) is 17.8 Å². The van der Waals surface area contributed by atoms with Crippen LogP contribution in [0.15, 0.2) is 0 Å². The van der Waals surface area contributed by atoms with E-state index in [9.17, 15) is 5.11 Å². The van der Waals surface area contributed by atoms with Gasteiger partial charge in [-0.15, -0.1) is 0 Å². The molecular weight excluding hydrogens is 248 g/mol. The normalized spacial score (nSPS) is 29.9. The lowest BCUT2D eigenvalue weighted by Crippen LogP contribution is -2.52. The average molecular weight is 282 g/mol. The zero-order valence-electron chi connectivity index (χ0n) is 13.6. The lowest BCUT2D eigenvalue weighted by molar-refractivity contribution is 0.0819. The van der Waals surface area contributed by atoms with Gasteiger partial charge in [-0.2, -0.15) is 0 Å². The molecule has 2 rings (SSSR count). The summed E-state index contributed by atoms with van der Waals surface area (Å²) in [6.45, 7) is 10.9. The van der Waals surface area contributed by atoms with Gasteiger partial charge in [0.15, 0.2) is 0 Å². The van der Waals surface area contributed by atoms with Gasteiger partial charge in [0.05, 0.1) is 0 Å². The Hall–Kier alpha value is -0.120. The first-order valence-electron chi connectivity index (χ1n) is 8.68. The number of hydrogen-bond acceptors (Lipinski definition) is 3. The summed E-state index contributed by atoms with van der Waals surface area (Å²) in [7, 11) is 0. The van der Waals surface area contributed by atoms with Gasteiger partial charge in [-0.3, -0.25) is 4.90 Å². The van der Waals surface area contributed by atoms with E-state index in [4.69, 9.17) is 0 Å². The first-order valence-corrected chi connectivity index (χ1v) is 8.68. The predicted octanol–water partition coefficient (Wildman–Crippen LogP) is 2.49. The van der Waals surface area contributed by atoms with Crippen LogP contribution in [-0.4, -0.2) is 48.3 Å². The predicted molar refractivity (Wildman–Crippen MR) is 84.8 cm³/mol. The van der Waals surface area contributed by atoms with E-state index in [0.29, 0.717) is 18.6 Å². The molecule has 2 fully saturated rings. The molecule has 118 valence electrons. The molecule has 0 bridgehead atoms. The first kappa shape index (κ1) is 16.3. The van der Waals surface area contributed by atoms with E-state index >= 15 is 0 Å². The summed E-state index contributed by atoms with van der Waals surface area (Å²) >= 11 is 0. The fraction of sp³-hybridized carbons (Fsp3) is 1.00. The fourth-order valence-electron chi connectivity index (χ4n) is 3.57. The van der Waals surface area contributed by atoms with Gasteiger partial charge in [-0.1, -0.05) is 13.8 Å². The van der Waals surface area contributed by atoms with Gasteiger partial charge >= 0.3 is 0 Å². The molecule has 1 saturated heterocycles. The zero-order chi connectivity index (χ0) is 14.5. The molecule has 0 aromatic rings. The number of likely N-dealkylation sites (tertiary alicyclic amines) is 1. The van der Waals surface area contributed by atoms with Crippen molar-refractivity contribution in [2.75, 3.05) is 26.2 Å². The highest BCUT2D eigenvalue weighted by molar-refractivity contribution is 4.91. The molecule has 0 aromatic heterocycles. The monoisotopic (exact) mass is 282 g/mol. The van der Waals surface area contributed by atoms with Crippen LogP contribution >= 0.6 is 0 Å². The topological polar surface area (TPSA) is 35.5 Å². The average Bonchev–Trinajstić information content (AvgIpc) is 3.22. The highest BCUT2D eigenvalue weighted by Gasteiger charge is 2.36. The van der Waals surface area contributed by atoms with E-state index in [1.807, 2.05) is 0 Å². The number of hydrogen-bond donors (Lipinski definition) is 2. The van der Waals surface area contributed by atoms with E-state index < -0.39 is 0 Å². The minimum atomic E-state index is 0.342. The van der Waals surface area contributed by atoms with Crippen LogP contribution in [0.5, 0.6) is 0 Å². The van der Waals surface area contributed by atoms with Gasteiger partial charge in [-0.05, 0) is 63.3 Å². The Balaban J connectivity index is 1.83. The molecule has 2 aliphatic rings. The van der Waals surface area contributed by atoms with Crippen LogP contribution in [0.25, 0.3) is 0 Å². The van der Waals surface area contributed by atoms with E-state index in [0.717, 1.165) is 30.8 Å². The molecule has 3 atom stereocenters. The molecular formula is C17H34N2O. The van der Waals surface area contributed by atoms with E-state index in [1.54, 1.807) is 0 Å². The third-order valence-electron chi connectivity index (χ3n) is 5.14. The number of piperidine rings is 1. The zero-order valence-corrected chi connectivity index (χ0v) is 13.6. The van der Waals surface area contributed by atoms with Crippen molar-refractivity contribution in [1.29, 1.82) is 0 Å². The van der Waals surface area contributed by atoms with E-state index in [1.165, 1.54) is 38.8 Å². The maximum Gasteiger partial charge on any atom is 0.0434 e. The number of rotatable bonds is 8. The summed E-state index contributed by atoms with van der Waals surface area (Å²) in [5.41, 5.74) is 0. The van der Waals surface area contributed by atoms with Crippen LogP contribution in [0.1, 0.15) is 52.9 Å². The van der Waals surface area contributed by atoms with Crippen LogP contribution in [0.4, 0.5) is 0 Å². The Bertz CT molecular complexity index is 278. The van der Waals surface area contributed by atoms with Crippen LogP contribution in [-0.2, 0) is 0 Å². The lowest BCUT2D eigenvalue weighted by Gasteiger charge is -2.41. The smallest absolute Gasteiger partial charge is 0.0434 e. The molecule has 3 unspecified atom stereocenters. The molecule has 1 heterocycles. The maximum absolute atomic E-state index is 9.26. The highest BCUT2D eigenvalue weighted by atomic mass is 16.3. The Morgan fingerprint density at radius 3 is 2.55 bits per heavy atom. The van der Waals surface area contributed by atoms with Crippen molar-refractivity contribution in [2.24, 2.45) is 17.8 Å². The minimum absolute atomic E-state index is 0.342. The second-order valence-electron chi connectivity index (χ2n) is 7.48.